The lowest BCUT2D eigenvalue weighted by atomic mass is 10.0. The third-order valence-corrected chi connectivity index (χ3v) is 4.84. The quantitative estimate of drug-likeness (QED) is 0.863. The van der Waals surface area contributed by atoms with Gasteiger partial charge in [0.2, 0.25) is 0 Å². The summed E-state index contributed by atoms with van der Waals surface area (Å²) >= 11 is 0. The minimum atomic E-state index is 0.0753. The smallest absolute Gasteiger partial charge is 0.274 e. The molecule has 2 aromatic rings. The van der Waals surface area contributed by atoms with E-state index in [0.29, 0.717) is 5.69 Å². The predicted molar refractivity (Wildman–Crippen MR) is 88.6 cm³/mol. The van der Waals surface area contributed by atoms with Gasteiger partial charge in [0, 0.05) is 45.3 Å². The minimum Gasteiger partial charge on any atom is -0.337 e. The second-order valence-electron chi connectivity index (χ2n) is 6.30. The van der Waals surface area contributed by atoms with Gasteiger partial charge in [0.15, 0.2) is 0 Å². The van der Waals surface area contributed by atoms with Crippen molar-refractivity contribution >= 4 is 5.91 Å². The largest absolute Gasteiger partial charge is 0.337 e. The zero-order valence-electron chi connectivity index (χ0n) is 13.3. The first-order valence-electron chi connectivity index (χ1n) is 8.44. The van der Waals surface area contributed by atoms with Gasteiger partial charge in [-0.15, -0.1) is 0 Å². The van der Waals surface area contributed by atoms with Gasteiger partial charge in [-0.25, -0.2) is 4.98 Å². The third kappa shape index (κ3) is 2.88. The van der Waals surface area contributed by atoms with Crippen LogP contribution in [0.2, 0.25) is 0 Å². The Labute approximate surface area is 136 Å². The standard InChI is InChI=1S/C18H22N4O/c23-18(16-13-22-12-9-19-8-5-17(22)20-16)21-10-6-14-3-1-2-4-15(14)7-11-21/h1-4,13,19H,5-12H2. The SMILES string of the molecule is O=C(c1cn2c(n1)CCNCC2)N1CCc2ccccc2CC1. The first-order valence-corrected chi connectivity index (χ1v) is 8.44. The lowest BCUT2D eigenvalue weighted by molar-refractivity contribution is 0.0757. The molecule has 1 aromatic heterocycles. The summed E-state index contributed by atoms with van der Waals surface area (Å²) in [6, 6.07) is 8.51. The molecule has 0 atom stereocenters. The Balaban J connectivity index is 1.51. The zero-order chi connectivity index (χ0) is 15.6. The molecule has 0 aliphatic carbocycles. The van der Waals surface area contributed by atoms with Crippen molar-refractivity contribution in [3.63, 3.8) is 0 Å². The van der Waals surface area contributed by atoms with Crippen molar-refractivity contribution in [2.75, 3.05) is 26.2 Å². The molecular weight excluding hydrogens is 288 g/mol. The zero-order valence-corrected chi connectivity index (χ0v) is 13.3. The van der Waals surface area contributed by atoms with Gasteiger partial charge in [0.25, 0.3) is 5.91 Å². The van der Waals surface area contributed by atoms with Gasteiger partial charge in [0.05, 0.1) is 0 Å². The maximum absolute atomic E-state index is 12.8. The van der Waals surface area contributed by atoms with Crippen molar-refractivity contribution in [2.24, 2.45) is 0 Å². The summed E-state index contributed by atoms with van der Waals surface area (Å²) < 4.78 is 2.12. The van der Waals surface area contributed by atoms with E-state index in [0.717, 1.165) is 57.8 Å². The Morgan fingerprint density at radius 1 is 1.00 bits per heavy atom. The van der Waals surface area contributed by atoms with E-state index >= 15 is 0 Å². The normalized spacial score (nSPS) is 17.8. The average Bonchev–Trinajstić information content (AvgIpc) is 2.75. The molecular formula is C18H22N4O. The molecule has 4 rings (SSSR count). The molecule has 23 heavy (non-hydrogen) atoms. The summed E-state index contributed by atoms with van der Waals surface area (Å²) in [5, 5.41) is 3.35. The van der Waals surface area contributed by atoms with Gasteiger partial charge in [0.1, 0.15) is 11.5 Å². The molecule has 120 valence electrons. The number of rotatable bonds is 1. The number of imidazole rings is 1. The van der Waals surface area contributed by atoms with E-state index in [-0.39, 0.29) is 5.91 Å². The molecule has 2 aliphatic heterocycles. The number of amides is 1. The summed E-state index contributed by atoms with van der Waals surface area (Å²) in [4.78, 5) is 19.4. The van der Waals surface area contributed by atoms with Gasteiger partial charge >= 0.3 is 0 Å². The number of carbonyl (C=O) groups is 1. The molecule has 0 saturated carbocycles. The van der Waals surface area contributed by atoms with Crippen LogP contribution in [0.1, 0.15) is 27.4 Å². The Morgan fingerprint density at radius 2 is 1.74 bits per heavy atom. The average molecular weight is 310 g/mol. The maximum atomic E-state index is 12.8. The Hall–Kier alpha value is -2.14. The summed E-state index contributed by atoms with van der Waals surface area (Å²) in [5.41, 5.74) is 3.34. The van der Waals surface area contributed by atoms with Crippen molar-refractivity contribution < 1.29 is 4.79 Å². The summed E-state index contributed by atoms with van der Waals surface area (Å²) in [7, 11) is 0. The Bertz CT molecular complexity index is 671. The maximum Gasteiger partial charge on any atom is 0.274 e. The predicted octanol–water partition coefficient (Wildman–Crippen LogP) is 1.27. The number of nitrogens with one attached hydrogen (secondary N) is 1. The highest BCUT2D eigenvalue weighted by molar-refractivity contribution is 5.92. The van der Waals surface area contributed by atoms with Crippen LogP contribution in [0.15, 0.2) is 30.5 Å². The highest BCUT2D eigenvalue weighted by Gasteiger charge is 2.23. The van der Waals surface area contributed by atoms with Crippen LogP contribution in [-0.4, -0.2) is 46.5 Å². The van der Waals surface area contributed by atoms with Crippen LogP contribution in [-0.2, 0) is 25.8 Å². The monoisotopic (exact) mass is 310 g/mol. The van der Waals surface area contributed by atoms with E-state index in [9.17, 15) is 4.79 Å². The fourth-order valence-corrected chi connectivity index (χ4v) is 3.51. The Morgan fingerprint density at radius 3 is 2.48 bits per heavy atom. The summed E-state index contributed by atoms with van der Waals surface area (Å²) in [6.07, 6.45) is 4.68. The molecule has 1 N–H and O–H groups in total. The fraction of sp³-hybridized carbons (Fsp3) is 0.444. The second kappa shape index (κ2) is 6.16. The molecule has 1 aromatic carbocycles. The second-order valence-corrected chi connectivity index (χ2v) is 6.30. The molecule has 0 spiro atoms. The topological polar surface area (TPSA) is 50.2 Å². The van der Waals surface area contributed by atoms with E-state index in [2.05, 4.69) is 39.1 Å². The van der Waals surface area contributed by atoms with Crippen LogP contribution in [0.4, 0.5) is 0 Å². The number of nitrogens with zero attached hydrogens (tertiary/aromatic N) is 3. The molecule has 3 heterocycles. The van der Waals surface area contributed by atoms with Crippen LogP contribution >= 0.6 is 0 Å². The lowest BCUT2D eigenvalue weighted by Crippen LogP contribution is -2.33. The lowest BCUT2D eigenvalue weighted by Gasteiger charge is -2.18. The van der Waals surface area contributed by atoms with Crippen molar-refractivity contribution in [1.82, 2.24) is 19.8 Å². The van der Waals surface area contributed by atoms with Crippen molar-refractivity contribution in [2.45, 2.75) is 25.8 Å². The van der Waals surface area contributed by atoms with Crippen LogP contribution in [0.5, 0.6) is 0 Å². The van der Waals surface area contributed by atoms with E-state index in [1.165, 1.54) is 11.1 Å². The molecule has 0 radical (unpaired) electrons. The van der Waals surface area contributed by atoms with Crippen LogP contribution in [0, 0.1) is 0 Å². The van der Waals surface area contributed by atoms with E-state index in [1.807, 2.05) is 11.1 Å². The van der Waals surface area contributed by atoms with Gasteiger partial charge in [-0.3, -0.25) is 4.79 Å². The number of hydrogen-bond donors (Lipinski definition) is 1. The molecule has 0 bridgehead atoms. The first kappa shape index (κ1) is 14.5. The minimum absolute atomic E-state index is 0.0753. The fourth-order valence-electron chi connectivity index (χ4n) is 3.51. The van der Waals surface area contributed by atoms with Gasteiger partial charge in [-0.05, 0) is 24.0 Å². The van der Waals surface area contributed by atoms with Gasteiger partial charge in [-0.2, -0.15) is 0 Å². The number of fused-ring (bicyclic) bond motifs is 2. The number of benzene rings is 1. The summed E-state index contributed by atoms with van der Waals surface area (Å²) in [6.45, 7) is 4.32. The molecule has 1 amide bonds. The highest BCUT2D eigenvalue weighted by atomic mass is 16.2. The molecule has 0 unspecified atom stereocenters. The highest BCUT2D eigenvalue weighted by Crippen LogP contribution is 2.17. The van der Waals surface area contributed by atoms with Crippen LogP contribution < -0.4 is 5.32 Å². The van der Waals surface area contributed by atoms with Gasteiger partial charge < -0.3 is 14.8 Å². The van der Waals surface area contributed by atoms with Crippen molar-refractivity contribution in [3.8, 4) is 0 Å². The Kier molecular flexibility index (Phi) is 3.87. The number of aromatic nitrogens is 2. The van der Waals surface area contributed by atoms with E-state index < -0.39 is 0 Å². The summed E-state index contributed by atoms with van der Waals surface area (Å²) in [5.74, 6) is 1.10. The number of carbonyl (C=O) groups excluding carboxylic acids is 1. The number of hydrogen-bond acceptors (Lipinski definition) is 3. The van der Waals surface area contributed by atoms with E-state index in [1.54, 1.807) is 0 Å². The molecule has 5 heteroatoms. The van der Waals surface area contributed by atoms with Crippen molar-refractivity contribution in [3.05, 3.63) is 53.1 Å². The molecule has 0 fully saturated rings. The molecule has 0 saturated heterocycles. The van der Waals surface area contributed by atoms with E-state index in [4.69, 9.17) is 0 Å². The molecule has 2 aliphatic rings. The van der Waals surface area contributed by atoms with Gasteiger partial charge in [-0.1, -0.05) is 24.3 Å². The van der Waals surface area contributed by atoms with Crippen LogP contribution in [0.3, 0.4) is 0 Å². The first-order chi connectivity index (χ1) is 11.3. The van der Waals surface area contributed by atoms with Crippen LogP contribution in [0.25, 0.3) is 0 Å². The van der Waals surface area contributed by atoms with Crippen molar-refractivity contribution in [1.29, 1.82) is 0 Å². The molecule has 5 nitrogen and oxygen atoms in total. The third-order valence-electron chi connectivity index (χ3n) is 4.84.